The molecule has 18 heavy (non-hydrogen) atoms. The molecule has 102 valence electrons. The predicted octanol–water partition coefficient (Wildman–Crippen LogP) is 0.600. The number of sulfonamides is 1. The van der Waals surface area contributed by atoms with Gasteiger partial charge in [0.1, 0.15) is 0 Å². The molecule has 0 heterocycles. The number of methoxy groups -OCH3 is 1. The first-order chi connectivity index (χ1) is 8.48. The molecule has 0 aliphatic carbocycles. The van der Waals surface area contributed by atoms with E-state index in [2.05, 4.69) is 4.72 Å². The Labute approximate surface area is 108 Å². The molecule has 0 aliphatic rings. The summed E-state index contributed by atoms with van der Waals surface area (Å²) in [5.41, 5.74) is 7.17. The number of rotatable bonds is 7. The molecule has 5 nitrogen and oxygen atoms in total. The van der Waals surface area contributed by atoms with Crippen LogP contribution in [0.15, 0.2) is 24.3 Å². The van der Waals surface area contributed by atoms with Crippen molar-refractivity contribution in [1.82, 2.24) is 4.72 Å². The van der Waals surface area contributed by atoms with Gasteiger partial charge in [-0.2, -0.15) is 0 Å². The minimum absolute atomic E-state index is 0.0611. The minimum Gasteiger partial charge on any atom is -0.383 e. The van der Waals surface area contributed by atoms with Gasteiger partial charge in [-0.05, 0) is 18.1 Å². The summed E-state index contributed by atoms with van der Waals surface area (Å²) in [6.45, 7) is 2.44. The van der Waals surface area contributed by atoms with Crippen molar-refractivity contribution in [1.29, 1.82) is 0 Å². The Morgan fingerprint density at radius 1 is 1.33 bits per heavy atom. The van der Waals surface area contributed by atoms with Gasteiger partial charge in [0.05, 0.1) is 12.4 Å². The van der Waals surface area contributed by atoms with E-state index in [0.29, 0.717) is 13.2 Å². The van der Waals surface area contributed by atoms with Gasteiger partial charge in [0.25, 0.3) is 0 Å². The Balaban J connectivity index is 2.76. The van der Waals surface area contributed by atoms with Crippen molar-refractivity contribution in [2.45, 2.75) is 25.3 Å². The van der Waals surface area contributed by atoms with E-state index in [1.807, 2.05) is 18.2 Å². The van der Waals surface area contributed by atoms with E-state index in [4.69, 9.17) is 10.5 Å². The molecule has 1 unspecified atom stereocenters. The topological polar surface area (TPSA) is 81.4 Å². The van der Waals surface area contributed by atoms with Crippen molar-refractivity contribution >= 4 is 10.0 Å². The van der Waals surface area contributed by atoms with E-state index < -0.39 is 10.0 Å². The zero-order chi connectivity index (χ0) is 13.6. The van der Waals surface area contributed by atoms with Gasteiger partial charge < -0.3 is 10.5 Å². The number of nitrogens with one attached hydrogen (secondary N) is 1. The summed E-state index contributed by atoms with van der Waals surface area (Å²) in [4.78, 5) is 0. The summed E-state index contributed by atoms with van der Waals surface area (Å²) in [7, 11) is -1.84. The molecule has 1 atom stereocenters. The first-order valence-corrected chi connectivity index (χ1v) is 7.39. The fraction of sp³-hybridized carbons (Fsp3) is 0.500. The second-order valence-electron chi connectivity index (χ2n) is 4.21. The lowest BCUT2D eigenvalue weighted by Crippen LogP contribution is -2.36. The first-order valence-electron chi connectivity index (χ1n) is 5.74. The molecular formula is C12H20N2O3S. The molecule has 0 fully saturated rings. The van der Waals surface area contributed by atoms with Crippen molar-refractivity contribution in [2.24, 2.45) is 5.73 Å². The first kappa shape index (κ1) is 15.1. The normalized spacial score (nSPS) is 13.5. The molecule has 0 aromatic heterocycles. The van der Waals surface area contributed by atoms with E-state index in [9.17, 15) is 8.42 Å². The zero-order valence-corrected chi connectivity index (χ0v) is 11.5. The fourth-order valence-corrected chi connectivity index (χ4v) is 3.19. The Morgan fingerprint density at radius 2 is 1.94 bits per heavy atom. The highest BCUT2D eigenvalue weighted by Gasteiger charge is 2.16. The van der Waals surface area contributed by atoms with Crippen LogP contribution >= 0.6 is 0 Å². The maximum atomic E-state index is 11.9. The molecule has 1 rings (SSSR count). The largest absolute Gasteiger partial charge is 0.383 e. The standard InChI is InChI=1S/C12H20N2O3S/c1-10(8-17-2)14-18(15,16)9-12-6-4-3-5-11(12)7-13/h3-6,10,14H,7-9,13H2,1-2H3. The third-order valence-electron chi connectivity index (χ3n) is 2.48. The average molecular weight is 272 g/mol. The Kier molecular flexibility index (Phi) is 5.74. The molecule has 0 aliphatic heterocycles. The van der Waals surface area contributed by atoms with Gasteiger partial charge in [0, 0.05) is 19.7 Å². The highest BCUT2D eigenvalue weighted by Crippen LogP contribution is 2.11. The molecule has 1 aromatic carbocycles. The third-order valence-corrected chi connectivity index (χ3v) is 3.93. The van der Waals surface area contributed by atoms with Crippen molar-refractivity contribution < 1.29 is 13.2 Å². The van der Waals surface area contributed by atoms with E-state index in [0.717, 1.165) is 11.1 Å². The highest BCUT2D eigenvalue weighted by molar-refractivity contribution is 7.88. The summed E-state index contributed by atoms with van der Waals surface area (Å²) < 4.78 is 31.4. The number of hydrogen-bond acceptors (Lipinski definition) is 4. The second-order valence-corrected chi connectivity index (χ2v) is 5.96. The second kappa shape index (κ2) is 6.84. The molecular weight excluding hydrogens is 252 g/mol. The van der Waals surface area contributed by atoms with E-state index in [1.54, 1.807) is 13.0 Å². The van der Waals surface area contributed by atoms with Crippen molar-refractivity contribution in [2.75, 3.05) is 13.7 Å². The lowest BCUT2D eigenvalue weighted by atomic mass is 10.1. The summed E-state index contributed by atoms with van der Waals surface area (Å²) in [6, 6.07) is 7.03. The average Bonchev–Trinajstić information content (AvgIpc) is 2.28. The van der Waals surface area contributed by atoms with Gasteiger partial charge in [-0.1, -0.05) is 24.3 Å². The number of hydrogen-bond donors (Lipinski definition) is 2. The van der Waals surface area contributed by atoms with Crippen LogP contribution < -0.4 is 10.5 Å². The third kappa shape index (κ3) is 4.73. The molecule has 1 aromatic rings. The minimum atomic E-state index is -3.37. The van der Waals surface area contributed by atoms with Crippen LogP contribution in [0.4, 0.5) is 0 Å². The van der Waals surface area contributed by atoms with Crippen molar-refractivity contribution in [3.05, 3.63) is 35.4 Å². The van der Waals surface area contributed by atoms with E-state index in [1.165, 1.54) is 7.11 Å². The molecule has 3 N–H and O–H groups in total. The van der Waals surface area contributed by atoms with Crippen LogP contribution in [-0.2, 0) is 27.1 Å². The molecule has 0 bridgehead atoms. The maximum absolute atomic E-state index is 11.9. The lowest BCUT2D eigenvalue weighted by molar-refractivity contribution is 0.180. The molecule has 0 radical (unpaired) electrons. The monoisotopic (exact) mass is 272 g/mol. The van der Waals surface area contributed by atoms with Crippen LogP contribution in [0.1, 0.15) is 18.1 Å². The smallest absolute Gasteiger partial charge is 0.216 e. The van der Waals surface area contributed by atoms with Gasteiger partial charge in [0.15, 0.2) is 0 Å². The van der Waals surface area contributed by atoms with Gasteiger partial charge in [0.2, 0.25) is 10.0 Å². The van der Waals surface area contributed by atoms with Crippen molar-refractivity contribution in [3.8, 4) is 0 Å². The summed E-state index contributed by atoms with van der Waals surface area (Å²) in [6.07, 6.45) is 0. The van der Waals surface area contributed by atoms with Gasteiger partial charge in [-0.15, -0.1) is 0 Å². The Hall–Kier alpha value is -0.950. The van der Waals surface area contributed by atoms with Gasteiger partial charge >= 0.3 is 0 Å². The molecule has 0 saturated heterocycles. The van der Waals surface area contributed by atoms with Gasteiger partial charge in [-0.3, -0.25) is 0 Å². The van der Waals surface area contributed by atoms with Crippen LogP contribution in [0.2, 0.25) is 0 Å². The summed E-state index contributed by atoms with van der Waals surface area (Å²) in [5.74, 6) is -0.0611. The molecule has 6 heteroatoms. The van der Waals surface area contributed by atoms with E-state index >= 15 is 0 Å². The van der Waals surface area contributed by atoms with Crippen LogP contribution in [0, 0.1) is 0 Å². The zero-order valence-electron chi connectivity index (χ0n) is 10.7. The highest BCUT2D eigenvalue weighted by atomic mass is 32.2. The number of ether oxygens (including phenoxy) is 1. The summed E-state index contributed by atoms with van der Waals surface area (Å²) in [5, 5.41) is 0. The van der Waals surface area contributed by atoms with Crippen molar-refractivity contribution in [3.63, 3.8) is 0 Å². The lowest BCUT2D eigenvalue weighted by Gasteiger charge is -2.14. The van der Waals surface area contributed by atoms with Crippen LogP contribution in [0.5, 0.6) is 0 Å². The summed E-state index contributed by atoms with van der Waals surface area (Å²) >= 11 is 0. The van der Waals surface area contributed by atoms with E-state index in [-0.39, 0.29) is 11.8 Å². The Morgan fingerprint density at radius 3 is 2.50 bits per heavy atom. The number of benzene rings is 1. The molecule has 0 spiro atoms. The van der Waals surface area contributed by atoms with Crippen LogP contribution in [0.3, 0.4) is 0 Å². The molecule has 0 saturated carbocycles. The number of nitrogens with two attached hydrogens (primary N) is 1. The fourth-order valence-electron chi connectivity index (χ4n) is 1.73. The van der Waals surface area contributed by atoms with Gasteiger partial charge in [-0.25, -0.2) is 13.1 Å². The quantitative estimate of drug-likeness (QED) is 0.761. The SMILES string of the molecule is COCC(C)NS(=O)(=O)Cc1ccccc1CN. The molecule has 0 amide bonds. The van der Waals surface area contributed by atoms with Crippen LogP contribution in [0.25, 0.3) is 0 Å². The Bertz CT molecular complexity index is 474. The van der Waals surface area contributed by atoms with Crippen LogP contribution in [-0.4, -0.2) is 28.2 Å². The maximum Gasteiger partial charge on any atom is 0.216 e. The predicted molar refractivity (Wildman–Crippen MR) is 71.4 cm³/mol.